The molecule has 0 saturated carbocycles. The lowest BCUT2D eigenvalue weighted by Gasteiger charge is -2.16. The van der Waals surface area contributed by atoms with Crippen LogP contribution in [0.2, 0.25) is 0 Å². The molecule has 0 fully saturated rings. The van der Waals surface area contributed by atoms with Crippen LogP contribution in [-0.4, -0.2) is 39.6 Å². The summed E-state index contributed by atoms with van der Waals surface area (Å²) < 4.78 is 1.64. The molecule has 0 aliphatic carbocycles. The van der Waals surface area contributed by atoms with Crippen LogP contribution in [0.4, 0.5) is 0 Å². The summed E-state index contributed by atoms with van der Waals surface area (Å²) >= 11 is 0. The summed E-state index contributed by atoms with van der Waals surface area (Å²) in [6.07, 6.45) is 4.25. The number of carbonyl (C=O) groups excluding carboxylic acids is 1. The Morgan fingerprint density at radius 1 is 1.48 bits per heavy atom. The Morgan fingerprint density at radius 3 is 2.71 bits per heavy atom. The van der Waals surface area contributed by atoms with Crippen LogP contribution in [0.5, 0.6) is 0 Å². The lowest BCUT2D eigenvalue weighted by atomic mass is 9.94. The van der Waals surface area contributed by atoms with Gasteiger partial charge in [0.2, 0.25) is 5.91 Å². The zero-order chi connectivity index (χ0) is 15.8. The molecule has 1 aromatic rings. The van der Waals surface area contributed by atoms with E-state index in [1.165, 1.54) is 12.5 Å². The van der Waals surface area contributed by atoms with Gasteiger partial charge in [-0.25, -0.2) is 9.78 Å². The average molecular weight is 296 g/mol. The maximum absolute atomic E-state index is 11.8. The highest BCUT2D eigenvalue weighted by Crippen LogP contribution is 2.13. The molecule has 0 aromatic carbocycles. The van der Waals surface area contributed by atoms with Gasteiger partial charge in [-0.15, -0.1) is 0 Å². The summed E-state index contributed by atoms with van der Waals surface area (Å²) in [6.45, 7) is 5.66. The number of hydrogen-bond acceptors (Lipinski definition) is 4. The number of nitrogens with two attached hydrogens (primary N) is 1. The first kappa shape index (κ1) is 17.2. The minimum absolute atomic E-state index is 0.00135. The second kappa shape index (κ2) is 8.41. The first-order valence-electron chi connectivity index (χ1n) is 7.14. The molecule has 7 heteroatoms. The maximum Gasteiger partial charge on any atom is 0.356 e. The van der Waals surface area contributed by atoms with E-state index in [0.29, 0.717) is 32.0 Å². The highest BCUT2D eigenvalue weighted by molar-refractivity contribution is 5.84. The molecule has 0 bridgehead atoms. The fourth-order valence-corrected chi connectivity index (χ4v) is 2.18. The van der Waals surface area contributed by atoms with E-state index in [1.54, 1.807) is 4.57 Å². The standard InChI is InChI=1S/C14H24N4O3/c1-10(2)5-11(7-15)6-13(19)16-3-4-18-8-12(14(20)21)17-9-18/h8-11H,3-7,15H2,1-2H3,(H,16,19)(H,20,21). The van der Waals surface area contributed by atoms with Crippen molar-refractivity contribution in [1.29, 1.82) is 0 Å². The maximum atomic E-state index is 11.8. The Bertz CT molecular complexity index is 471. The Hall–Kier alpha value is -1.89. The SMILES string of the molecule is CC(C)CC(CN)CC(=O)NCCn1cnc(C(=O)O)c1. The molecule has 0 spiro atoms. The Labute approximate surface area is 124 Å². The lowest BCUT2D eigenvalue weighted by molar-refractivity contribution is -0.122. The van der Waals surface area contributed by atoms with Gasteiger partial charge in [0.25, 0.3) is 0 Å². The highest BCUT2D eigenvalue weighted by Gasteiger charge is 2.13. The van der Waals surface area contributed by atoms with Gasteiger partial charge in [-0.2, -0.15) is 0 Å². The number of aromatic carboxylic acids is 1. The van der Waals surface area contributed by atoms with Gasteiger partial charge in [0, 0.05) is 25.7 Å². The monoisotopic (exact) mass is 296 g/mol. The molecular formula is C14H24N4O3. The zero-order valence-electron chi connectivity index (χ0n) is 12.6. The van der Waals surface area contributed by atoms with E-state index in [9.17, 15) is 9.59 Å². The number of rotatable bonds is 9. The summed E-state index contributed by atoms with van der Waals surface area (Å²) in [5.41, 5.74) is 5.67. The third-order valence-electron chi connectivity index (χ3n) is 3.16. The van der Waals surface area contributed by atoms with Crippen LogP contribution in [0.3, 0.4) is 0 Å². The molecule has 1 aromatic heterocycles. The second-order valence-corrected chi connectivity index (χ2v) is 5.59. The second-order valence-electron chi connectivity index (χ2n) is 5.59. The van der Waals surface area contributed by atoms with Gasteiger partial charge in [0.15, 0.2) is 5.69 Å². The zero-order valence-corrected chi connectivity index (χ0v) is 12.6. The van der Waals surface area contributed by atoms with E-state index in [-0.39, 0.29) is 17.5 Å². The fourth-order valence-electron chi connectivity index (χ4n) is 2.18. The highest BCUT2D eigenvalue weighted by atomic mass is 16.4. The Kier molecular flexibility index (Phi) is 6.87. The van der Waals surface area contributed by atoms with Crippen LogP contribution in [0, 0.1) is 11.8 Å². The Balaban J connectivity index is 2.30. The predicted molar refractivity (Wildman–Crippen MR) is 78.8 cm³/mol. The predicted octanol–water partition coefficient (Wildman–Crippen LogP) is 0.709. The average Bonchev–Trinajstić information content (AvgIpc) is 2.86. The number of nitrogens with zero attached hydrogens (tertiary/aromatic N) is 2. The third-order valence-corrected chi connectivity index (χ3v) is 3.16. The fraction of sp³-hybridized carbons (Fsp3) is 0.643. The normalized spacial score (nSPS) is 12.4. The largest absolute Gasteiger partial charge is 0.476 e. The van der Waals surface area contributed by atoms with Crippen molar-refractivity contribution in [3.8, 4) is 0 Å². The van der Waals surface area contributed by atoms with Crippen LogP contribution >= 0.6 is 0 Å². The first-order chi connectivity index (χ1) is 9.92. The number of carboxylic acid groups (broad SMARTS) is 1. The Morgan fingerprint density at radius 2 is 2.19 bits per heavy atom. The van der Waals surface area contributed by atoms with Crippen LogP contribution in [0.25, 0.3) is 0 Å². The number of nitrogens with one attached hydrogen (secondary N) is 1. The molecule has 0 radical (unpaired) electrons. The summed E-state index contributed by atoms with van der Waals surface area (Å²) in [5.74, 6) is -0.356. The molecule has 4 N–H and O–H groups in total. The number of imidazole rings is 1. The first-order valence-corrected chi connectivity index (χ1v) is 7.14. The molecule has 1 unspecified atom stereocenters. The molecule has 118 valence electrons. The van der Waals surface area contributed by atoms with Gasteiger partial charge in [0.05, 0.1) is 6.33 Å². The third kappa shape index (κ3) is 6.40. The molecule has 0 aliphatic heterocycles. The van der Waals surface area contributed by atoms with Crippen LogP contribution < -0.4 is 11.1 Å². The topological polar surface area (TPSA) is 110 Å². The number of hydrogen-bond donors (Lipinski definition) is 3. The molecule has 0 aliphatic rings. The minimum atomic E-state index is -1.06. The summed E-state index contributed by atoms with van der Waals surface area (Å²) in [7, 11) is 0. The van der Waals surface area contributed by atoms with Crippen LogP contribution in [-0.2, 0) is 11.3 Å². The van der Waals surface area contributed by atoms with Gasteiger partial charge in [-0.3, -0.25) is 4.79 Å². The van der Waals surface area contributed by atoms with Crippen molar-refractivity contribution in [1.82, 2.24) is 14.9 Å². The smallest absolute Gasteiger partial charge is 0.356 e. The van der Waals surface area contributed by atoms with Crippen molar-refractivity contribution < 1.29 is 14.7 Å². The van der Waals surface area contributed by atoms with E-state index in [1.807, 2.05) is 0 Å². The van der Waals surface area contributed by atoms with Gasteiger partial charge < -0.3 is 20.7 Å². The number of amides is 1. The van der Waals surface area contributed by atoms with Crippen molar-refractivity contribution in [2.24, 2.45) is 17.6 Å². The molecular weight excluding hydrogens is 272 g/mol. The van der Waals surface area contributed by atoms with Crippen molar-refractivity contribution in [3.63, 3.8) is 0 Å². The van der Waals surface area contributed by atoms with E-state index in [0.717, 1.165) is 6.42 Å². The van der Waals surface area contributed by atoms with E-state index < -0.39 is 5.97 Å². The number of aromatic nitrogens is 2. The lowest BCUT2D eigenvalue weighted by Crippen LogP contribution is -2.31. The summed E-state index contributed by atoms with van der Waals surface area (Å²) in [4.78, 5) is 26.2. The van der Waals surface area contributed by atoms with Gasteiger partial charge in [-0.05, 0) is 24.8 Å². The summed E-state index contributed by atoms with van der Waals surface area (Å²) in [6, 6.07) is 0. The van der Waals surface area contributed by atoms with Crippen molar-refractivity contribution in [2.45, 2.75) is 33.2 Å². The molecule has 1 heterocycles. The summed E-state index contributed by atoms with van der Waals surface area (Å²) in [5, 5.41) is 11.6. The molecule has 1 amide bonds. The van der Waals surface area contributed by atoms with Gasteiger partial charge in [0.1, 0.15) is 0 Å². The number of carbonyl (C=O) groups is 2. The molecule has 0 saturated heterocycles. The molecule has 21 heavy (non-hydrogen) atoms. The number of carboxylic acids is 1. The minimum Gasteiger partial charge on any atom is -0.476 e. The van der Waals surface area contributed by atoms with Gasteiger partial charge in [-0.1, -0.05) is 13.8 Å². The van der Waals surface area contributed by atoms with E-state index in [4.69, 9.17) is 10.8 Å². The quantitative estimate of drug-likeness (QED) is 0.621. The van der Waals surface area contributed by atoms with Crippen molar-refractivity contribution in [2.75, 3.05) is 13.1 Å². The molecule has 7 nitrogen and oxygen atoms in total. The van der Waals surface area contributed by atoms with Crippen molar-refractivity contribution >= 4 is 11.9 Å². The van der Waals surface area contributed by atoms with Crippen LogP contribution in [0.1, 0.15) is 37.2 Å². The van der Waals surface area contributed by atoms with E-state index >= 15 is 0 Å². The molecule has 1 atom stereocenters. The van der Waals surface area contributed by atoms with E-state index in [2.05, 4.69) is 24.1 Å². The molecule has 1 rings (SSSR count). The van der Waals surface area contributed by atoms with Crippen LogP contribution in [0.15, 0.2) is 12.5 Å². The van der Waals surface area contributed by atoms with Gasteiger partial charge >= 0.3 is 5.97 Å². The van der Waals surface area contributed by atoms with Crippen molar-refractivity contribution in [3.05, 3.63) is 18.2 Å².